The van der Waals surface area contributed by atoms with Crippen LogP contribution >= 0.6 is 0 Å². The number of nitrogens with one attached hydrogen (secondary N) is 1. The van der Waals surface area contributed by atoms with E-state index in [4.69, 9.17) is 9.47 Å². The van der Waals surface area contributed by atoms with Crippen LogP contribution in [0.25, 0.3) is 0 Å². The van der Waals surface area contributed by atoms with E-state index < -0.39 is 20.6 Å². The molecule has 0 aliphatic rings. The number of sulfonamides is 1. The molecule has 23 heavy (non-hydrogen) atoms. The fraction of sp³-hybridized carbons (Fsp3) is 0.143. The van der Waals surface area contributed by atoms with Crippen LogP contribution < -0.4 is 14.2 Å². The van der Waals surface area contributed by atoms with Gasteiger partial charge in [0, 0.05) is 12.1 Å². The third-order valence-electron chi connectivity index (χ3n) is 2.98. The topological polar surface area (TPSA) is 108 Å². The summed E-state index contributed by atoms with van der Waals surface area (Å²) in [4.78, 5) is 10.0. The van der Waals surface area contributed by atoms with E-state index in [-0.39, 0.29) is 16.3 Å². The van der Waals surface area contributed by atoms with Gasteiger partial charge in [-0.15, -0.1) is 0 Å². The molecule has 0 unspecified atom stereocenters. The van der Waals surface area contributed by atoms with Crippen molar-refractivity contribution in [2.24, 2.45) is 0 Å². The van der Waals surface area contributed by atoms with Gasteiger partial charge in [-0.2, -0.15) is 0 Å². The molecule has 1 N–H and O–H groups in total. The van der Waals surface area contributed by atoms with Crippen LogP contribution in [0.3, 0.4) is 0 Å². The van der Waals surface area contributed by atoms with E-state index in [0.717, 1.165) is 6.07 Å². The second-order valence-electron chi connectivity index (χ2n) is 4.43. The number of ether oxygens (including phenoxy) is 2. The molecule has 0 saturated carbocycles. The van der Waals surface area contributed by atoms with E-state index in [1.165, 1.54) is 38.5 Å². The highest BCUT2D eigenvalue weighted by Gasteiger charge is 2.22. The van der Waals surface area contributed by atoms with Gasteiger partial charge in [-0.25, -0.2) is 8.42 Å². The molecule has 122 valence electrons. The maximum absolute atomic E-state index is 12.4. The van der Waals surface area contributed by atoms with E-state index in [1.807, 2.05) is 0 Å². The molecule has 0 aliphatic carbocycles. The fourth-order valence-electron chi connectivity index (χ4n) is 1.88. The Morgan fingerprint density at radius 3 is 2.43 bits per heavy atom. The van der Waals surface area contributed by atoms with Crippen molar-refractivity contribution in [2.45, 2.75) is 4.90 Å². The van der Waals surface area contributed by atoms with Crippen molar-refractivity contribution < 1.29 is 22.8 Å². The number of nitro groups is 1. The summed E-state index contributed by atoms with van der Waals surface area (Å²) in [6, 6.07) is 9.73. The highest BCUT2D eigenvalue weighted by Crippen LogP contribution is 2.30. The van der Waals surface area contributed by atoms with Gasteiger partial charge >= 0.3 is 5.69 Å². The standard InChI is InChI=1S/C14H14N2O6S/c1-21-11-5-3-4-10(8-11)15-23(19,20)12-6-7-14(22-2)13(9-12)16(17)18/h3-9,15H,1-2H3. The molecule has 0 aliphatic heterocycles. The zero-order chi connectivity index (χ0) is 17.0. The van der Waals surface area contributed by atoms with Gasteiger partial charge < -0.3 is 9.47 Å². The molecule has 0 fully saturated rings. The lowest BCUT2D eigenvalue weighted by atomic mass is 10.3. The minimum Gasteiger partial charge on any atom is -0.497 e. The molecule has 2 aromatic carbocycles. The predicted octanol–water partition coefficient (Wildman–Crippen LogP) is 2.41. The van der Waals surface area contributed by atoms with Crippen molar-refractivity contribution in [3.8, 4) is 11.5 Å². The molecule has 2 rings (SSSR count). The van der Waals surface area contributed by atoms with Gasteiger partial charge in [-0.1, -0.05) is 6.07 Å². The van der Waals surface area contributed by atoms with Crippen LogP contribution in [0.2, 0.25) is 0 Å². The fourth-order valence-corrected chi connectivity index (χ4v) is 2.95. The molecule has 8 nitrogen and oxygen atoms in total. The number of methoxy groups -OCH3 is 2. The first kappa shape index (κ1) is 16.6. The van der Waals surface area contributed by atoms with Gasteiger partial charge in [0.2, 0.25) is 0 Å². The lowest BCUT2D eigenvalue weighted by Crippen LogP contribution is -2.13. The van der Waals surface area contributed by atoms with Gasteiger partial charge in [-0.05, 0) is 24.3 Å². The van der Waals surface area contributed by atoms with Gasteiger partial charge in [0.25, 0.3) is 10.0 Å². The summed E-state index contributed by atoms with van der Waals surface area (Å²) in [7, 11) is -1.26. The SMILES string of the molecule is COc1cccc(NS(=O)(=O)c2ccc(OC)c([N+](=O)[O-])c2)c1. The van der Waals surface area contributed by atoms with Crippen molar-refractivity contribution in [1.82, 2.24) is 0 Å². The first-order valence-electron chi connectivity index (χ1n) is 6.36. The molecule has 2 aromatic rings. The van der Waals surface area contributed by atoms with Crippen molar-refractivity contribution in [2.75, 3.05) is 18.9 Å². The number of rotatable bonds is 6. The summed E-state index contributed by atoms with van der Waals surface area (Å²) in [5, 5.41) is 11.0. The van der Waals surface area contributed by atoms with Gasteiger partial charge in [0.1, 0.15) is 5.75 Å². The smallest absolute Gasteiger partial charge is 0.312 e. The quantitative estimate of drug-likeness (QED) is 0.640. The second-order valence-corrected chi connectivity index (χ2v) is 6.11. The summed E-state index contributed by atoms with van der Waals surface area (Å²) >= 11 is 0. The van der Waals surface area contributed by atoms with Crippen LogP contribution in [-0.4, -0.2) is 27.6 Å². The maximum Gasteiger partial charge on any atom is 0.312 e. The Balaban J connectivity index is 2.39. The zero-order valence-electron chi connectivity index (χ0n) is 12.3. The van der Waals surface area contributed by atoms with Gasteiger partial charge in [-0.3, -0.25) is 14.8 Å². The second kappa shape index (κ2) is 6.53. The van der Waals surface area contributed by atoms with E-state index >= 15 is 0 Å². The van der Waals surface area contributed by atoms with Crippen LogP contribution in [0.1, 0.15) is 0 Å². The number of hydrogen-bond donors (Lipinski definition) is 1. The van der Waals surface area contributed by atoms with Crippen molar-refractivity contribution >= 4 is 21.4 Å². The maximum atomic E-state index is 12.4. The number of nitrogens with zero attached hydrogens (tertiary/aromatic N) is 1. The Morgan fingerprint density at radius 2 is 1.83 bits per heavy atom. The third kappa shape index (κ3) is 3.69. The number of benzene rings is 2. The summed E-state index contributed by atoms with van der Waals surface area (Å²) < 4.78 is 36.9. The van der Waals surface area contributed by atoms with Crippen LogP contribution in [0, 0.1) is 10.1 Å². The summed E-state index contributed by atoms with van der Waals surface area (Å²) in [5.41, 5.74) is -0.149. The molecule has 0 amide bonds. The Labute approximate surface area is 132 Å². The average molecular weight is 338 g/mol. The zero-order valence-corrected chi connectivity index (χ0v) is 13.2. The molecule has 0 bridgehead atoms. The van der Waals surface area contributed by atoms with Crippen LogP contribution in [0.15, 0.2) is 47.4 Å². The number of nitro benzene ring substituents is 1. The lowest BCUT2D eigenvalue weighted by molar-refractivity contribution is -0.386. The Kier molecular flexibility index (Phi) is 4.70. The van der Waals surface area contributed by atoms with Gasteiger partial charge in [0.05, 0.1) is 29.7 Å². The first-order chi connectivity index (χ1) is 10.9. The minimum atomic E-state index is -3.98. The molecule has 0 spiro atoms. The normalized spacial score (nSPS) is 10.9. The molecule has 0 heterocycles. The largest absolute Gasteiger partial charge is 0.497 e. The van der Waals surface area contributed by atoms with E-state index in [9.17, 15) is 18.5 Å². The van der Waals surface area contributed by atoms with E-state index in [2.05, 4.69) is 4.72 Å². The first-order valence-corrected chi connectivity index (χ1v) is 7.85. The van der Waals surface area contributed by atoms with Crippen LogP contribution in [0.5, 0.6) is 11.5 Å². The highest BCUT2D eigenvalue weighted by atomic mass is 32.2. The van der Waals surface area contributed by atoms with E-state index in [0.29, 0.717) is 5.75 Å². The predicted molar refractivity (Wildman–Crippen MR) is 83.5 cm³/mol. The number of hydrogen-bond acceptors (Lipinski definition) is 6. The van der Waals surface area contributed by atoms with Crippen molar-refractivity contribution in [3.05, 3.63) is 52.6 Å². The van der Waals surface area contributed by atoms with Crippen LogP contribution in [-0.2, 0) is 10.0 Å². The highest BCUT2D eigenvalue weighted by molar-refractivity contribution is 7.92. The van der Waals surface area contributed by atoms with Crippen molar-refractivity contribution in [1.29, 1.82) is 0 Å². The molecule has 0 radical (unpaired) electrons. The average Bonchev–Trinajstić information content (AvgIpc) is 2.53. The Morgan fingerprint density at radius 1 is 1.09 bits per heavy atom. The monoisotopic (exact) mass is 338 g/mol. The Bertz CT molecular complexity index is 835. The molecule has 0 saturated heterocycles. The Hall–Kier alpha value is -2.81. The lowest BCUT2D eigenvalue weighted by Gasteiger charge is -2.10. The summed E-state index contributed by atoms with van der Waals surface area (Å²) in [6.07, 6.45) is 0. The summed E-state index contributed by atoms with van der Waals surface area (Å²) in [5.74, 6) is 0.459. The van der Waals surface area contributed by atoms with Crippen LogP contribution in [0.4, 0.5) is 11.4 Å². The molecule has 9 heteroatoms. The molecule has 0 aromatic heterocycles. The molecular weight excluding hydrogens is 324 g/mol. The number of anilines is 1. The summed E-state index contributed by atoms with van der Waals surface area (Å²) in [6.45, 7) is 0. The van der Waals surface area contributed by atoms with Gasteiger partial charge in [0.15, 0.2) is 5.75 Å². The third-order valence-corrected chi connectivity index (χ3v) is 4.36. The molecular formula is C14H14N2O6S. The molecule has 0 atom stereocenters. The minimum absolute atomic E-state index is 0.0182. The van der Waals surface area contributed by atoms with E-state index in [1.54, 1.807) is 12.1 Å². The van der Waals surface area contributed by atoms with Crippen molar-refractivity contribution in [3.63, 3.8) is 0 Å².